The Morgan fingerprint density at radius 1 is 1.00 bits per heavy atom. The second-order valence-electron chi connectivity index (χ2n) is 6.20. The van der Waals surface area contributed by atoms with E-state index in [1.54, 1.807) is 18.2 Å². The Morgan fingerprint density at radius 3 is 2.48 bits per heavy atom. The van der Waals surface area contributed by atoms with Crippen molar-refractivity contribution in [3.8, 4) is 0 Å². The first-order chi connectivity index (χ1) is 12.6. The van der Waals surface area contributed by atoms with Crippen LogP contribution in [0.3, 0.4) is 0 Å². The van der Waals surface area contributed by atoms with E-state index in [9.17, 15) is 8.42 Å². The summed E-state index contributed by atoms with van der Waals surface area (Å²) in [5.41, 5.74) is 1.67. The lowest BCUT2D eigenvalue weighted by Crippen LogP contribution is -2.43. The predicted octanol–water partition coefficient (Wildman–Crippen LogP) is 3.55. The predicted molar refractivity (Wildman–Crippen MR) is 111 cm³/mol. The first kappa shape index (κ1) is 19.9. The number of rotatable bonds is 3. The molecule has 3 aromatic rings. The molecular weight excluding hydrogens is 405 g/mol. The molecule has 8 heteroatoms. The SMILES string of the molecule is Cl.O=S(=O)(c1cccc(Cl)c1)c1ccc2cccc(N3CCNCC3)c2n1. The third-order valence-electron chi connectivity index (χ3n) is 4.51. The van der Waals surface area contributed by atoms with Gasteiger partial charge < -0.3 is 10.2 Å². The Morgan fingerprint density at radius 2 is 1.74 bits per heavy atom. The number of aromatic nitrogens is 1. The van der Waals surface area contributed by atoms with Crippen molar-refractivity contribution in [3.05, 3.63) is 59.6 Å². The number of sulfone groups is 1. The minimum absolute atomic E-state index is 0. The van der Waals surface area contributed by atoms with Gasteiger partial charge in [0.15, 0.2) is 5.03 Å². The molecule has 1 fully saturated rings. The van der Waals surface area contributed by atoms with Gasteiger partial charge in [-0.25, -0.2) is 13.4 Å². The zero-order valence-electron chi connectivity index (χ0n) is 14.4. The molecule has 2 heterocycles. The number of para-hydroxylation sites is 1. The van der Waals surface area contributed by atoms with E-state index in [0.717, 1.165) is 37.3 Å². The van der Waals surface area contributed by atoms with E-state index in [-0.39, 0.29) is 22.3 Å². The molecule has 5 nitrogen and oxygen atoms in total. The van der Waals surface area contributed by atoms with Crippen molar-refractivity contribution in [1.82, 2.24) is 10.3 Å². The van der Waals surface area contributed by atoms with Crippen LogP contribution in [-0.2, 0) is 9.84 Å². The third kappa shape index (κ3) is 3.89. The molecule has 142 valence electrons. The van der Waals surface area contributed by atoms with Crippen LogP contribution < -0.4 is 10.2 Å². The highest BCUT2D eigenvalue weighted by atomic mass is 35.5. The van der Waals surface area contributed by atoms with Crippen LogP contribution in [0.2, 0.25) is 5.02 Å². The van der Waals surface area contributed by atoms with E-state index in [2.05, 4.69) is 15.2 Å². The van der Waals surface area contributed by atoms with Crippen molar-refractivity contribution in [2.45, 2.75) is 9.92 Å². The first-order valence-corrected chi connectivity index (χ1v) is 10.3. The normalized spacial score (nSPS) is 14.8. The summed E-state index contributed by atoms with van der Waals surface area (Å²) in [6, 6.07) is 15.6. The number of nitrogens with zero attached hydrogens (tertiary/aromatic N) is 2. The number of piperazine rings is 1. The molecule has 0 amide bonds. The number of nitrogens with one attached hydrogen (secondary N) is 1. The highest BCUT2D eigenvalue weighted by molar-refractivity contribution is 7.91. The number of anilines is 1. The standard InChI is InChI=1S/C19H18ClN3O2S.ClH/c20-15-4-2-5-16(13-15)26(24,25)18-8-7-14-3-1-6-17(19(14)22-18)23-11-9-21-10-12-23;/h1-8,13,21H,9-12H2;1H. The zero-order chi connectivity index (χ0) is 18.1. The fraction of sp³-hybridized carbons (Fsp3) is 0.211. The average molecular weight is 424 g/mol. The van der Waals surface area contributed by atoms with E-state index in [4.69, 9.17) is 11.6 Å². The van der Waals surface area contributed by atoms with E-state index >= 15 is 0 Å². The lowest BCUT2D eigenvalue weighted by atomic mass is 10.1. The molecular formula is C19H19Cl2N3O2S. The first-order valence-electron chi connectivity index (χ1n) is 8.42. The molecule has 27 heavy (non-hydrogen) atoms. The van der Waals surface area contributed by atoms with Crippen LogP contribution in [0.5, 0.6) is 0 Å². The highest BCUT2D eigenvalue weighted by Crippen LogP contribution is 2.29. The third-order valence-corrected chi connectivity index (χ3v) is 6.40. The molecule has 0 saturated carbocycles. The van der Waals surface area contributed by atoms with Gasteiger partial charge in [0, 0.05) is 36.6 Å². The fourth-order valence-electron chi connectivity index (χ4n) is 3.18. The van der Waals surface area contributed by atoms with Crippen LogP contribution in [-0.4, -0.2) is 39.6 Å². The van der Waals surface area contributed by atoms with Crippen molar-refractivity contribution in [1.29, 1.82) is 0 Å². The lowest BCUT2D eigenvalue weighted by molar-refractivity contribution is 0.589. The van der Waals surface area contributed by atoms with Crippen LogP contribution in [0.15, 0.2) is 64.5 Å². The Kier molecular flexibility index (Phi) is 5.91. The fourth-order valence-corrected chi connectivity index (χ4v) is 4.67. The molecule has 0 radical (unpaired) electrons. The summed E-state index contributed by atoms with van der Waals surface area (Å²) in [5.74, 6) is 0. The summed E-state index contributed by atoms with van der Waals surface area (Å²) in [6.07, 6.45) is 0. The van der Waals surface area contributed by atoms with Gasteiger partial charge in [-0.05, 0) is 36.4 Å². The summed E-state index contributed by atoms with van der Waals surface area (Å²) < 4.78 is 25.9. The smallest absolute Gasteiger partial charge is 0.223 e. The minimum Gasteiger partial charge on any atom is -0.367 e. The van der Waals surface area contributed by atoms with E-state index in [1.165, 1.54) is 12.1 Å². The summed E-state index contributed by atoms with van der Waals surface area (Å²) in [4.78, 5) is 6.92. The van der Waals surface area contributed by atoms with E-state index in [1.807, 2.05) is 24.3 Å². The van der Waals surface area contributed by atoms with Crippen molar-refractivity contribution in [2.24, 2.45) is 0 Å². The summed E-state index contributed by atoms with van der Waals surface area (Å²) >= 11 is 5.96. The number of hydrogen-bond acceptors (Lipinski definition) is 5. The highest BCUT2D eigenvalue weighted by Gasteiger charge is 2.21. The van der Waals surface area contributed by atoms with Gasteiger partial charge in [0.25, 0.3) is 0 Å². The Hall–Kier alpha value is -1.86. The van der Waals surface area contributed by atoms with Crippen molar-refractivity contribution >= 4 is 50.4 Å². The molecule has 1 aliphatic heterocycles. The number of hydrogen-bond donors (Lipinski definition) is 1. The molecule has 1 N–H and O–H groups in total. The average Bonchev–Trinajstić information content (AvgIpc) is 2.68. The molecule has 0 unspecified atom stereocenters. The van der Waals surface area contributed by atoms with Crippen LogP contribution in [0.4, 0.5) is 5.69 Å². The Balaban J connectivity index is 0.00000210. The van der Waals surface area contributed by atoms with Crippen LogP contribution >= 0.6 is 24.0 Å². The maximum absolute atomic E-state index is 13.0. The van der Waals surface area contributed by atoms with Crippen molar-refractivity contribution < 1.29 is 8.42 Å². The molecule has 0 spiro atoms. The van der Waals surface area contributed by atoms with E-state index < -0.39 is 9.84 Å². The van der Waals surface area contributed by atoms with Gasteiger partial charge in [0.2, 0.25) is 9.84 Å². The molecule has 4 rings (SSSR count). The van der Waals surface area contributed by atoms with Gasteiger partial charge in [-0.2, -0.15) is 0 Å². The molecule has 0 atom stereocenters. The van der Waals surface area contributed by atoms with Crippen LogP contribution in [0.1, 0.15) is 0 Å². The molecule has 0 aliphatic carbocycles. The van der Waals surface area contributed by atoms with Crippen molar-refractivity contribution in [2.75, 3.05) is 31.1 Å². The van der Waals surface area contributed by atoms with Gasteiger partial charge in [0.05, 0.1) is 16.1 Å². The van der Waals surface area contributed by atoms with Gasteiger partial charge in [0.1, 0.15) is 0 Å². The molecule has 1 saturated heterocycles. The van der Waals surface area contributed by atoms with Crippen molar-refractivity contribution in [3.63, 3.8) is 0 Å². The maximum Gasteiger partial charge on any atom is 0.223 e. The lowest BCUT2D eigenvalue weighted by Gasteiger charge is -2.30. The largest absolute Gasteiger partial charge is 0.367 e. The quantitative estimate of drug-likeness (QED) is 0.697. The van der Waals surface area contributed by atoms with Crippen LogP contribution in [0.25, 0.3) is 10.9 Å². The molecule has 1 aliphatic rings. The topological polar surface area (TPSA) is 62.3 Å². The Labute approximate surface area is 169 Å². The van der Waals surface area contributed by atoms with Gasteiger partial charge in [-0.15, -0.1) is 12.4 Å². The monoisotopic (exact) mass is 423 g/mol. The van der Waals surface area contributed by atoms with Gasteiger partial charge in [-0.1, -0.05) is 29.8 Å². The number of benzene rings is 2. The van der Waals surface area contributed by atoms with Gasteiger partial charge >= 0.3 is 0 Å². The second-order valence-corrected chi connectivity index (χ2v) is 8.53. The molecule has 2 aromatic carbocycles. The number of halogens is 2. The second kappa shape index (κ2) is 8.02. The number of pyridine rings is 1. The summed E-state index contributed by atoms with van der Waals surface area (Å²) in [7, 11) is -3.73. The minimum atomic E-state index is -3.73. The van der Waals surface area contributed by atoms with E-state index in [0.29, 0.717) is 10.5 Å². The zero-order valence-corrected chi connectivity index (χ0v) is 16.8. The Bertz CT molecular complexity index is 1070. The molecule has 1 aromatic heterocycles. The summed E-state index contributed by atoms with van der Waals surface area (Å²) in [6.45, 7) is 3.53. The molecule has 0 bridgehead atoms. The number of fused-ring (bicyclic) bond motifs is 1. The summed E-state index contributed by atoms with van der Waals surface area (Å²) in [5, 5.41) is 4.67. The maximum atomic E-state index is 13.0. The van der Waals surface area contributed by atoms with Gasteiger partial charge in [-0.3, -0.25) is 0 Å². The van der Waals surface area contributed by atoms with Crippen LogP contribution in [0, 0.1) is 0 Å².